The van der Waals surface area contributed by atoms with E-state index in [2.05, 4.69) is 5.32 Å². The molecule has 226 valence electrons. The Labute approximate surface area is 252 Å². The van der Waals surface area contributed by atoms with Crippen LogP contribution in [0.3, 0.4) is 0 Å². The van der Waals surface area contributed by atoms with Crippen LogP contribution in [0, 0.1) is 5.82 Å². The number of hydrogen-bond acceptors (Lipinski definition) is 6. The Morgan fingerprint density at radius 3 is 2.24 bits per heavy atom. The van der Waals surface area contributed by atoms with E-state index in [1.165, 1.54) is 47.0 Å². The van der Waals surface area contributed by atoms with Crippen molar-refractivity contribution in [2.45, 2.75) is 62.5 Å². The van der Waals surface area contributed by atoms with Crippen molar-refractivity contribution in [3.05, 3.63) is 84.2 Å². The number of para-hydroxylation sites is 2. The molecule has 0 aromatic heterocycles. The molecule has 0 fully saturated rings. The van der Waals surface area contributed by atoms with E-state index >= 15 is 0 Å². The molecule has 1 N–H and O–H groups in total. The van der Waals surface area contributed by atoms with Crippen LogP contribution < -0.4 is 14.4 Å². The van der Waals surface area contributed by atoms with Crippen LogP contribution in [0.5, 0.6) is 5.75 Å². The highest BCUT2D eigenvalue weighted by Gasteiger charge is 2.34. The Kier molecular flexibility index (Phi) is 11.8. The molecule has 0 aliphatic heterocycles. The van der Waals surface area contributed by atoms with Gasteiger partial charge in [0.25, 0.3) is 10.0 Å². The fraction of sp³-hybridized carbons (Fsp3) is 0.355. The summed E-state index contributed by atoms with van der Waals surface area (Å²) in [6.07, 6.45) is 2.56. The average molecular weight is 616 g/mol. The van der Waals surface area contributed by atoms with Gasteiger partial charge in [-0.25, -0.2) is 12.8 Å². The molecule has 0 radical (unpaired) electrons. The standard InChI is InChI=1S/C31H38FN3O5S2/c1-6-22(3)33-31(37)23(4)34(20-24-12-8-9-13-27(24)32)30(36)21-35(28-14-10-11-15-29(28)40-7-2)42(38,39)26-18-16-25(41-5)17-19-26/h8-19,22-23H,6-7,20-21H2,1-5H3,(H,33,37). The summed E-state index contributed by atoms with van der Waals surface area (Å²) in [6, 6.07) is 17.7. The van der Waals surface area contributed by atoms with Crippen molar-refractivity contribution in [1.29, 1.82) is 0 Å². The van der Waals surface area contributed by atoms with Crippen molar-refractivity contribution in [2.24, 2.45) is 0 Å². The monoisotopic (exact) mass is 615 g/mol. The summed E-state index contributed by atoms with van der Waals surface area (Å²) in [5.41, 5.74) is 0.370. The first-order chi connectivity index (χ1) is 20.0. The summed E-state index contributed by atoms with van der Waals surface area (Å²) in [5.74, 6) is -1.36. The van der Waals surface area contributed by atoms with E-state index in [-0.39, 0.29) is 41.1 Å². The molecular weight excluding hydrogens is 577 g/mol. The number of halogens is 1. The van der Waals surface area contributed by atoms with Gasteiger partial charge >= 0.3 is 0 Å². The van der Waals surface area contributed by atoms with Crippen LogP contribution in [0.25, 0.3) is 0 Å². The molecule has 0 aliphatic carbocycles. The molecule has 11 heteroatoms. The van der Waals surface area contributed by atoms with E-state index in [1.54, 1.807) is 56.3 Å². The lowest BCUT2D eigenvalue weighted by Gasteiger charge is -2.33. The summed E-state index contributed by atoms with van der Waals surface area (Å²) in [6.45, 7) is 6.47. The topological polar surface area (TPSA) is 96.0 Å². The number of nitrogens with one attached hydrogen (secondary N) is 1. The minimum absolute atomic E-state index is 0.0115. The Hall–Kier alpha value is -3.57. The van der Waals surface area contributed by atoms with E-state index in [0.29, 0.717) is 6.42 Å². The number of ether oxygens (including phenoxy) is 1. The number of sulfonamides is 1. The number of thioether (sulfide) groups is 1. The quantitative estimate of drug-likeness (QED) is 0.242. The van der Waals surface area contributed by atoms with E-state index in [1.807, 2.05) is 20.1 Å². The minimum atomic E-state index is -4.28. The van der Waals surface area contributed by atoms with Crippen LogP contribution in [0.1, 0.15) is 39.7 Å². The van der Waals surface area contributed by atoms with Crippen molar-refractivity contribution >= 4 is 39.3 Å². The molecule has 3 rings (SSSR count). The van der Waals surface area contributed by atoms with E-state index < -0.39 is 40.2 Å². The third kappa shape index (κ3) is 8.04. The SMILES string of the molecule is CCOc1ccccc1N(CC(=O)N(Cc1ccccc1F)C(C)C(=O)NC(C)CC)S(=O)(=O)c1ccc(SC)cc1. The molecule has 42 heavy (non-hydrogen) atoms. The summed E-state index contributed by atoms with van der Waals surface area (Å²) < 4.78 is 49.6. The molecule has 2 amide bonds. The lowest BCUT2D eigenvalue weighted by Crippen LogP contribution is -2.52. The Morgan fingerprint density at radius 1 is 0.976 bits per heavy atom. The summed E-state index contributed by atoms with van der Waals surface area (Å²) >= 11 is 1.47. The second-order valence-corrected chi connectivity index (χ2v) is 12.4. The van der Waals surface area contributed by atoms with Gasteiger partial charge in [-0.3, -0.25) is 13.9 Å². The zero-order valence-electron chi connectivity index (χ0n) is 24.5. The lowest BCUT2D eigenvalue weighted by molar-refractivity contribution is -0.139. The zero-order chi connectivity index (χ0) is 30.9. The lowest BCUT2D eigenvalue weighted by atomic mass is 10.1. The molecule has 0 spiro atoms. The normalized spacial score (nSPS) is 12.7. The summed E-state index contributed by atoms with van der Waals surface area (Å²) in [4.78, 5) is 29.3. The first kappa shape index (κ1) is 32.9. The maximum atomic E-state index is 14.7. The van der Waals surface area contributed by atoms with Gasteiger partial charge in [0.05, 0.1) is 17.2 Å². The molecule has 3 aromatic rings. The smallest absolute Gasteiger partial charge is 0.264 e. The third-order valence-corrected chi connectivity index (χ3v) is 9.34. The Morgan fingerprint density at radius 2 is 1.62 bits per heavy atom. The highest BCUT2D eigenvalue weighted by atomic mass is 32.2. The average Bonchev–Trinajstić information content (AvgIpc) is 2.99. The predicted molar refractivity (Wildman–Crippen MR) is 165 cm³/mol. The first-order valence-electron chi connectivity index (χ1n) is 13.7. The van der Waals surface area contributed by atoms with E-state index in [4.69, 9.17) is 4.74 Å². The van der Waals surface area contributed by atoms with E-state index in [0.717, 1.165) is 9.20 Å². The maximum Gasteiger partial charge on any atom is 0.264 e. The molecule has 8 nitrogen and oxygen atoms in total. The third-order valence-electron chi connectivity index (χ3n) is 6.83. The molecule has 0 bridgehead atoms. The molecule has 0 saturated carbocycles. The second-order valence-electron chi connectivity index (χ2n) is 9.69. The number of rotatable bonds is 14. The van der Waals surface area contributed by atoms with Gasteiger partial charge in [0.1, 0.15) is 24.2 Å². The molecule has 0 aliphatic rings. The predicted octanol–water partition coefficient (Wildman–Crippen LogP) is 5.47. The van der Waals surface area contributed by atoms with Crippen LogP contribution in [0.4, 0.5) is 10.1 Å². The number of carbonyl (C=O) groups is 2. The maximum absolute atomic E-state index is 14.7. The Balaban J connectivity index is 2.09. The molecule has 0 saturated heterocycles. The van der Waals surface area contributed by atoms with E-state index in [9.17, 15) is 22.4 Å². The number of amides is 2. The van der Waals surface area contributed by atoms with Crippen LogP contribution in [-0.2, 0) is 26.2 Å². The van der Waals surface area contributed by atoms with Crippen molar-refractivity contribution in [3.8, 4) is 5.75 Å². The van der Waals surface area contributed by atoms with Crippen molar-refractivity contribution in [3.63, 3.8) is 0 Å². The highest BCUT2D eigenvalue weighted by Crippen LogP contribution is 2.33. The molecule has 3 aromatic carbocycles. The van der Waals surface area contributed by atoms with Crippen LogP contribution >= 0.6 is 11.8 Å². The highest BCUT2D eigenvalue weighted by molar-refractivity contribution is 7.98. The van der Waals surface area contributed by atoms with Gasteiger partial charge in [0, 0.05) is 23.0 Å². The number of carbonyl (C=O) groups excluding carboxylic acids is 2. The number of benzene rings is 3. The van der Waals surface area contributed by atoms with Gasteiger partial charge < -0.3 is 15.0 Å². The number of hydrogen-bond donors (Lipinski definition) is 1. The van der Waals surface area contributed by atoms with Crippen molar-refractivity contribution in [2.75, 3.05) is 23.7 Å². The van der Waals surface area contributed by atoms with Crippen molar-refractivity contribution < 1.29 is 27.1 Å². The van der Waals surface area contributed by atoms with Gasteiger partial charge in [0.2, 0.25) is 11.8 Å². The Bertz CT molecular complexity index is 1470. The van der Waals surface area contributed by atoms with Crippen LogP contribution in [-0.4, -0.2) is 56.6 Å². The van der Waals surface area contributed by atoms with Gasteiger partial charge in [-0.05, 0) is 75.9 Å². The van der Waals surface area contributed by atoms with Crippen LogP contribution in [0.2, 0.25) is 0 Å². The largest absolute Gasteiger partial charge is 0.492 e. The van der Waals surface area contributed by atoms with Gasteiger partial charge in [-0.15, -0.1) is 11.8 Å². The van der Waals surface area contributed by atoms with Crippen molar-refractivity contribution in [1.82, 2.24) is 10.2 Å². The molecule has 2 atom stereocenters. The first-order valence-corrected chi connectivity index (χ1v) is 16.4. The molecule has 2 unspecified atom stereocenters. The minimum Gasteiger partial charge on any atom is -0.492 e. The fourth-order valence-electron chi connectivity index (χ4n) is 4.19. The van der Waals surface area contributed by atoms with Gasteiger partial charge in [-0.2, -0.15) is 0 Å². The summed E-state index contributed by atoms with van der Waals surface area (Å²) in [5, 5.41) is 2.86. The van der Waals surface area contributed by atoms with Crippen LogP contribution in [0.15, 0.2) is 82.6 Å². The molecule has 0 heterocycles. The number of anilines is 1. The second kappa shape index (κ2) is 15.1. The van der Waals surface area contributed by atoms with Gasteiger partial charge in [-0.1, -0.05) is 37.3 Å². The summed E-state index contributed by atoms with van der Waals surface area (Å²) in [7, 11) is -4.28. The van der Waals surface area contributed by atoms with Gasteiger partial charge in [0.15, 0.2) is 0 Å². The number of nitrogens with zero attached hydrogens (tertiary/aromatic N) is 2. The molecular formula is C31H38FN3O5S2. The fourth-order valence-corrected chi connectivity index (χ4v) is 6.02. The zero-order valence-corrected chi connectivity index (χ0v) is 26.2.